The molecule has 9 heteroatoms. The number of hydrogen-bond acceptors (Lipinski definition) is 6. The number of hydrogen-bond donors (Lipinski definition) is 1. The van der Waals surface area contributed by atoms with Crippen LogP contribution in [0.2, 0.25) is 0 Å². The smallest absolute Gasteiger partial charge is 0.339 e. The second-order valence-corrected chi connectivity index (χ2v) is 9.18. The number of carbonyl (C=O) groups excluding carboxylic acids is 1. The van der Waals surface area contributed by atoms with Gasteiger partial charge in [0.05, 0.1) is 7.11 Å². The van der Waals surface area contributed by atoms with Crippen molar-refractivity contribution in [3.8, 4) is 17.6 Å². The maximum absolute atomic E-state index is 12.5. The molecule has 3 aromatic rings. The van der Waals surface area contributed by atoms with Crippen LogP contribution in [0.1, 0.15) is 5.56 Å². The molecule has 0 bridgehead atoms. The number of benzene rings is 3. The fraction of sp³-hybridized carbons (Fsp3) is 0.0435. The van der Waals surface area contributed by atoms with E-state index in [-0.39, 0.29) is 22.0 Å². The molecule has 3 rings (SSSR count). The van der Waals surface area contributed by atoms with E-state index in [1.165, 1.54) is 43.5 Å². The maximum atomic E-state index is 12.5. The molecule has 0 saturated carbocycles. The van der Waals surface area contributed by atoms with E-state index in [1.54, 1.807) is 30.3 Å². The van der Waals surface area contributed by atoms with Crippen LogP contribution in [0.15, 0.2) is 83.3 Å². The molecule has 7 nitrogen and oxygen atoms in total. The molecule has 0 aliphatic heterocycles. The number of amides is 1. The van der Waals surface area contributed by atoms with Crippen LogP contribution in [-0.2, 0) is 14.9 Å². The molecule has 0 aliphatic carbocycles. The predicted octanol–water partition coefficient (Wildman–Crippen LogP) is 4.61. The Labute approximate surface area is 199 Å². The van der Waals surface area contributed by atoms with E-state index in [1.807, 2.05) is 18.2 Å². The van der Waals surface area contributed by atoms with Gasteiger partial charge in [-0.25, -0.2) is 0 Å². The first-order valence-electron chi connectivity index (χ1n) is 9.18. The Morgan fingerprint density at radius 2 is 1.72 bits per heavy atom. The van der Waals surface area contributed by atoms with Gasteiger partial charge in [0.15, 0.2) is 11.5 Å². The Kier molecular flexibility index (Phi) is 7.50. The average Bonchev–Trinajstić information content (AvgIpc) is 2.80. The SMILES string of the molecule is COc1cc(/C=C(\C#N)C(=O)Nc2ccc(I)cc2)ccc1OS(=O)(=O)c1ccccc1. The molecule has 0 fully saturated rings. The van der Waals surface area contributed by atoms with E-state index >= 15 is 0 Å². The number of nitrogens with zero attached hydrogens (tertiary/aromatic N) is 1. The van der Waals surface area contributed by atoms with Crippen LogP contribution >= 0.6 is 22.6 Å². The monoisotopic (exact) mass is 560 g/mol. The predicted molar refractivity (Wildman–Crippen MR) is 129 cm³/mol. The van der Waals surface area contributed by atoms with Crippen LogP contribution in [0.5, 0.6) is 11.5 Å². The fourth-order valence-electron chi connectivity index (χ4n) is 2.64. The third-order valence-corrected chi connectivity index (χ3v) is 6.16. The van der Waals surface area contributed by atoms with Gasteiger partial charge in [0.2, 0.25) is 0 Å². The van der Waals surface area contributed by atoms with E-state index in [0.29, 0.717) is 11.3 Å². The zero-order valence-corrected chi connectivity index (χ0v) is 19.8. The summed E-state index contributed by atoms with van der Waals surface area (Å²) >= 11 is 2.15. The zero-order chi connectivity index (χ0) is 23.1. The van der Waals surface area contributed by atoms with Gasteiger partial charge in [-0.1, -0.05) is 24.3 Å². The molecule has 1 N–H and O–H groups in total. The Bertz CT molecular complexity index is 1300. The van der Waals surface area contributed by atoms with Crippen molar-refractivity contribution >= 4 is 50.4 Å². The normalized spacial score (nSPS) is 11.3. The maximum Gasteiger partial charge on any atom is 0.339 e. The molecular formula is C23H17IN2O5S. The standard InChI is InChI=1S/C23H17IN2O5S/c1-30-22-14-16(7-12-21(22)31-32(28,29)20-5-3-2-4-6-20)13-17(15-25)23(27)26-19-10-8-18(24)9-11-19/h2-14H,1H3,(H,26,27)/b17-13+. The largest absolute Gasteiger partial charge is 0.493 e. The first-order valence-corrected chi connectivity index (χ1v) is 11.7. The lowest BCUT2D eigenvalue weighted by Crippen LogP contribution is -2.13. The van der Waals surface area contributed by atoms with Crippen molar-refractivity contribution in [2.45, 2.75) is 4.90 Å². The van der Waals surface area contributed by atoms with E-state index in [9.17, 15) is 18.5 Å². The summed E-state index contributed by atoms with van der Waals surface area (Å²) in [6.45, 7) is 0. The van der Waals surface area contributed by atoms with E-state index in [4.69, 9.17) is 8.92 Å². The first-order chi connectivity index (χ1) is 15.3. The number of halogens is 1. The van der Waals surface area contributed by atoms with E-state index in [2.05, 4.69) is 27.9 Å². The highest BCUT2D eigenvalue weighted by Gasteiger charge is 2.19. The number of nitrogens with one attached hydrogen (secondary N) is 1. The lowest BCUT2D eigenvalue weighted by molar-refractivity contribution is -0.112. The van der Waals surface area contributed by atoms with Crippen LogP contribution in [0.4, 0.5) is 5.69 Å². The van der Waals surface area contributed by atoms with Crippen molar-refractivity contribution in [2.24, 2.45) is 0 Å². The van der Waals surface area contributed by atoms with E-state index in [0.717, 1.165) is 3.57 Å². The summed E-state index contributed by atoms with van der Waals surface area (Å²) in [5.74, 6) is -0.455. The third kappa shape index (κ3) is 5.87. The van der Waals surface area contributed by atoms with Crippen LogP contribution < -0.4 is 14.2 Å². The lowest BCUT2D eigenvalue weighted by Gasteiger charge is -2.11. The van der Waals surface area contributed by atoms with Gasteiger partial charge < -0.3 is 14.2 Å². The van der Waals surface area contributed by atoms with Crippen LogP contribution in [0, 0.1) is 14.9 Å². The molecule has 0 aromatic heterocycles. The third-order valence-electron chi connectivity index (χ3n) is 4.20. The van der Waals surface area contributed by atoms with Crippen molar-refractivity contribution < 1.29 is 22.1 Å². The molecular weight excluding hydrogens is 543 g/mol. The molecule has 0 spiro atoms. The Hall–Kier alpha value is -3.36. The molecule has 0 unspecified atom stereocenters. The number of carbonyl (C=O) groups is 1. The molecule has 0 heterocycles. The quantitative estimate of drug-likeness (QED) is 0.196. The number of ether oxygens (including phenoxy) is 1. The minimum Gasteiger partial charge on any atom is -0.493 e. The highest BCUT2D eigenvalue weighted by atomic mass is 127. The molecule has 0 saturated heterocycles. The zero-order valence-electron chi connectivity index (χ0n) is 16.8. The summed E-state index contributed by atoms with van der Waals surface area (Å²) in [5, 5.41) is 12.1. The molecule has 0 aliphatic rings. The first kappa shape index (κ1) is 23.3. The number of anilines is 1. The summed E-state index contributed by atoms with van der Waals surface area (Å²) in [7, 11) is -2.69. The molecule has 32 heavy (non-hydrogen) atoms. The van der Waals surface area contributed by atoms with Gasteiger partial charge in [0.1, 0.15) is 16.5 Å². The van der Waals surface area contributed by atoms with Crippen LogP contribution in [0.3, 0.4) is 0 Å². The summed E-state index contributed by atoms with van der Waals surface area (Å²) in [6, 6.07) is 21.1. The molecule has 162 valence electrons. The summed E-state index contributed by atoms with van der Waals surface area (Å²) in [6.07, 6.45) is 1.38. The fourth-order valence-corrected chi connectivity index (χ4v) is 3.96. The molecule has 3 aromatic carbocycles. The summed E-state index contributed by atoms with van der Waals surface area (Å²) in [5.41, 5.74) is 0.890. The van der Waals surface area contributed by atoms with Crippen molar-refractivity contribution in [1.29, 1.82) is 5.26 Å². The average molecular weight is 560 g/mol. The highest BCUT2D eigenvalue weighted by Crippen LogP contribution is 2.31. The number of nitriles is 1. The van der Waals surface area contributed by atoms with Gasteiger partial charge in [0, 0.05) is 9.26 Å². The highest BCUT2D eigenvalue weighted by molar-refractivity contribution is 14.1. The molecule has 0 radical (unpaired) electrons. The second-order valence-electron chi connectivity index (χ2n) is 6.39. The topological polar surface area (TPSA) is 105 Å². The van der Waals surface area contributed by atoms with E-state index < -0.39 is 16.0 Å². The minimum absolute atomic E-state index is 0.00469. The van der Waals surface area contributed by atoms with Crippen molar-refractivity contribution in [3.05, 3.63) is 87.5 Å². The van der Waals surface area contributed by atoms with Crippen LogP contribution in [-0.4, -0.2) is 21.4 Å². The van der Waals surface area contributed by atoms with Crippen molar-refractivity contribution in [2.75, 3.05) is 12.4 Å². The summed E-state index contributed by atoms with van der Waals surface area (Å²) < 4.78 is 36.4. The summed E-state index contributed by atoms with van der Waals surface area (Å²) in [4.78, 5) is 12.5. The minimum atomic E-state index is -4.05. The number of rotatable bonds is 7. The number of methoxy groups -OCH3 is 1. The van der Waals surface area contributed by atoms with Crippen molar-refractivity contribution in [3.63, 3.8) is 0 Å². The Morgan fingerprint density at radius 1 is 1.03 bits per heavy atom. The lowest BCUT2D eigenvalue weighted by atomic mass is 10.1. The second kappa shape index (κ2) is 10.3. The van der Waals surface area contributed by atoms with Gasteiger partial charge in [-0.15, -0.1) is 0 Å². The Balaban J connectivity index is 1.83. The van der Waals surface area contributed by atoms with Gasteiger partial charge >= 0.3 is 10.1 Å². The van der Waals surface area contributed by atoms with Gasteiger partial charge in [-0.05, 0) is 82.8 Å². The van der Waals surface area contributed by atoms with Gasteiger partial charge in [-0.2, -0.15) is 13.7 Å². The molecule has 1 amide bonds. The molecule has 0 atom stereocenters. The van der Waals surface area contributed by atoms with Gasteiger partial charge in [-0.3, -0.25) is 4.79 Å². The van der Waals surface area contributed by atoms with Crippen molar-refractivity contribution in [1.82, 2.24) is 0 Å². The van der Waals surface area contributed by atoms with Crippen LogP contribution in [0.25, 0.3) is 6.08 Å². The van der Waals surface area contributed by atoms with Gasteiger partial charge in [0.25, 0.3) is 5.91 Å². The Morgan fingerprint density at radius 3 is 2.34 bits per heavy atom.